The van der Waals surface area contributed by atoms with Crippen LogP contribution in [0.5, 0.6) is 0 Å². The van der Waals surface area contributed by atoms with Crippen molar-refractivity contribution in [1.29, 1.82) is 0 Å². The highest BCUT2D eigenvalue weighted by atomic mass is 35.5. The molecule has 0 bridgehead atoms. The van der Waals surface area contributed by atoms with Crippen LogP contribution < -0.4 is 10.7 Å². The summed E-state index contributed by atoms with van der Waals surface area (Å²) >= 11 is 5.49. The maximum atomic E-state index is 11.4. The average Bonchev–Trinajstić information content (AvgIpc) is 2.46. The van der Waals surface area contributed by atoms with Crippen molar-refractivity contribution in [2.45, 2.75) is 19.3 Å². The van der Waals surface area contributed by atoms with Gasteiger partial charge in [-0.3, -0.25) is 9.59 Å². The highest BCUT2D eigenvalue weighted by Gasteiger charge is 2.30. The predicted molar refractivity (Wildman–Crippen MR) is 76.9 cm³/mol. The topological polar surface area (TPSA) is 70.6 Å². The van der Waals surface area contributed by atoms with Gasteiger partial charge in [-0.15, -0.1) is 11.6 Å². The zero-order valence-electron chi connectivity index (χ0n) is 10.8. The van der Waals surface area contributed by atoms with E-state index in [2.05, 4.69) is 15.8 Å². The summed E-state index contributed by atoms with van der Waals surface area (Å²) in [6.07, 6.45) is 2.35. The molecule has 1 aromatic carbocycles. The van der Waals surface area contributed by atoms with Crippen LogP contribution >= 0.6 is 11.6 Å². The molecule has 0 fully saturated rings. The van der Waals surface area contributed by atoms with Gasteiger partial charge in [0.15, 0.2) is 0 Å². The number of alkyl halides is 1. The fourth-order valence-corrected chi connectivity index (χ4v) is 2.80. The van der Waals surface area contributed by atoms with Gasteiger partial charge in [0.1, 0.15) is 5.88 Å². The lowest BCUT2D eigenvalue weighted by Gasteiger charge is -2.29. The number of nitrogens with one attached hydrogen (secondary N) is 2. The third kappa shape index (κ3) is 2.41. The van der Waals surface area contributed by atoms with E-state index in [1.165, 1.54) is 5.56 Å². The molecular formula is C14H14ClN3O2. The number of amides is 2. The smallest absolute Gasteiger partial charge is 0.240 e. The second kappa shape index (κ2) is 5.25. The van der Waals surface area contributed by atoms with Gasteiger partial charge in [-0.25, -0.2) is 5.43 Å². The highest BCUT2D eigenvalue weighted by Crippen LogP contribution is 2.31. The minimum absolute atomic E-state index is 0.0335. The van der Waals surface area contributed by atoms with Crippen molar-refractivity contribution in [3.05, 3.63) is 29.3 Å². The molecule has 1 aromatic rings. The molecule has 1 aliphatic carbocycles. The number of halogens is 1. The number of hydrogen-bond donors (Lipinski definition) is 2. The third-order valence-corrected chi connectivity index (χ3v) is 3.92. The van der Waals surface area contributed by atoms with E-state index in [4.69, 9.17) is 11.6 Å². The number of hydrogen-bond acceptors (Lipinski definition) is 3. The minimum Gasteiger partial charge on any atom is -0.325 e. The van der Waals surface area contributed by atoms with Crippen molar-refractivity contribution in [2.24, 2.45) is 11.0 Å². The molecule has 0 spiro atoms. The Labute approximate surface area is 121 Å². The average molecular weight is 292 g/mol. The summed E-state index contributed by atoms with van der Waals surface area (Å²) in [5, 5.41) is 6.93. The van der Waals surface area contributed by atoms with Crippen LogP contribution in [0.2, 0.25) is 0 Å². The van der Waals surface area contributed by atoms with Crippen molar-refractivity contribution in [1.82, 2.24) is 5.43 Å². The standard InChI is InChI=1S/C14H14ClN3O2/c15-7-13(20)16-10-4-3-8-1-2-9-5-12(19)17-18-14(9)11(8)6-10/h3-4,6,9H,1-2,5,7H2,(H,16,20)(H,17,19). The van der Waals surface area contributed by atoms with E-state index < -0.39 is 0 Å². The largest absolute Gasteiger partial charge is 0.325 e. The summed E-state index contributed by atoms with van der Waals surface area (Å²) < 4.78 is 0. The van der Waals surface area contributed by atoms with Crippen LogP contribution in [0.15, 0.2) is 23.3 Å². The summed E-state index contributed by atoms with van der Waals surface area (Å²) in [5.41, 5.74) is 6.35. The molecule has 1 heterocycles. The third-order valence-electron chi connectivity index (χ3n) is 3.67. The fraction of sp³-hybridized carbons (Fsp3) is 0.357. The van der Waals surface area contributed by atoms with Gasteiger partial charge in [0.2, 0.25) is 11.8 Å². The first-order valence-corrected chi connectivity index (χ1v) is 7.06. The molecule has 0 aromatic heterocycles. The first-order chi connectivity index (χ1) is 9.67. The minimum atomic E-state index is -0.238. The summed E-state index contributed by atoms with van der Waals surface area (Å²) in [7, 11) is 0. The molecule has 104 valence electrons. The van der Waals surface area contributed by atoms with Crippen molar-refractivity contribution in [2.75, 3.05) is 11.2 Å². The second-order valence-electron chi connectivity index (χ2n) is 5.03. The molecule has 1 atom stereocenters. The Morgan fingerprint density at radius 3 is 3.15 bits per heavy atom. The van der Waals surface area contributed by atoms with E-state index in [1.807, 2.05) is 18.2 Å². The van der Waals surface area contributed by atoms with E-state index >= 15 is 0 Å². The van der Waals surface area contributed by atoms with Crippen LogP contribution in [0.25, 0.3) is 0 Å². The first-order valence-electron chi connectivity index (χ1n) is 6.53. The number of nitrogens with zero attached hydrogens (tertiary/aromatic N) is 1. The summed E-state index contributed by atoms with van der Waals surface area (Å²) in [6.45, 7) is 0. The molecular weight excluding hydrogens is 278 g/mol. The maximum Gasteiger partial charge on any atom is 0.240 e. The van der Waals surface area contributed by atoms with Crippen LogP contribution in [0.4, 0.5) is 5.69 Å². The molecule has 2 N–H and O–H groups in total. The number of benzene rings is 1. The van der Waals surface area contributed by atoms with Crippen molar-refractivity contribution in [3.8, 4) is 0 Å². The predicted octanol–water partition coefficient (Wildman–Crippen LogP) is 1.65. The van der Waals surface area contributed by atoms with E-state index in [0.29, 0.717) is 12.1 Å². The quantitative estimate of drug-likeness (QED) is 0.814. The van der Waals surface area contributed by atoms with Crippen molar-refractivity contribution >= 4 is 34.8 Å². The van der Waals surface area contributed by atoms with Gasteiger partial charge in [-0.1, -0.05) is 6.07 Å². The van der Waals surface area contributed by atoms with E-state index in [9.17, 15) is 9.59 Å². The molecule has 0 radical (unpaired) electrons. The van der Waals surface area contributed by atoms with Crippen LogP contribution in [0.3, 0.4) is 0 Å². The Hall–Kier alpha value is -1.88. The number of anilines is 1. The Kier molecular flexibility index (Phi) is 3.44. The van der Waals surface area contributed by atoms with Crippen LogP contribution in [0.1, 0.15) is 24.0 Å². The summed E-state index contributed by atoms with van der Waals surface area (Å²) in [6, 6.07) is 5.77. The van der Waals surface area contributed by atoms with Gasteiger partial charge < -0.3 is 5.32 Å². The molecule has 20 heavy (non-hydrogen) atoms. The summed E-state index contributed by atoms with van der Waals surface area (Å²) in [4.78, 5) is 22.7. The van der Waals surface area contributed by atoms with Crippen molar-refractivity contribution < 1.29 is 9.59 Å². The molecule has 0 saturated heterocycles. The second-order valence-corrected chi connectivity index (χ2v) is 5.29. The molecule has 6 heteroatoms. The van der Waals surface area contributed by atoms with Crippen molar-refractivity contribution in [3.63, 3.8) is 0 Å². The summed E-state index contributed by atoms with van der Waals surface area (Å²) in [5.74, 6) is -0.168. The van der Waals surface area contributed by atoms with Crippen LogP contribution in [0, 0.1) is 5.92 Å². The van der Waals surface area contributed by atoms with E-state index in [0.717, 1.165) is 24.1 Å². The van der Waals surface area contributed by atoms with Gasteiger partial charge in [0, 0.05) is 23.6 Å². The zero-order chi connectivity index (χ0) is 14.1. The van der Waals surface area contributed by atoms with E-state index in [1.54, 1.807) is 0 Å². The Bertz CT molecular complexity index is 612. The number of aryl methyl sites for hydroxylation is 1. The Morgan fingerprint density at radius 2 is 2.35 bits per heavy atom. The van der Waals surface area contributed by atoms with Gasteiger partial charge in [-0.2, -0.15) is 5.10 Å². The number of carbonyl (C=O) groups excluding carboxylic acids is 2. The molecule has 1 aliphatic heterocycles. The van der Waals surface area contributed by atoms with Gasteiger partial charge in [0.25, 0.3) is 0 Å². The molecule has 2 aliphatic rings. The van der Waals surface area contributed by atoms with Crippen LogP contribution in [-0.4, -0.2) is 23.4 Å². The maximum absolute atomic E-state index is 11.4. The van der Waals surface area contributed by atoms with Gasteiger partial charge in [-0.05, 0) is 30.5 Å². The number of rotatable bonds is 2. The molecule has 1 unspecified atom stereocenters. The molecule has 2 amide bonds. The van der Waals surface area contributed by atoms with E-state index in [-0.39, 0.29) is 23.6 Å². The monoisotopic (exact) mass is 291 g/mol. The lowest BCUT2D eigenvalue weighted by atomic mass is 9.79. The number of hydrazone groups is 1. The number of carbonyl (C=O) groups is 2. The van der Waals surface area contributed by atoms with Gasteiger partial charge >= 0.3 is 0 Å². The zero-order valence-corrected chi connectivity index (χ0v) is 11.5. The van der Waals surface area contributed by atoms with Gasteiger partial charge in [0.05, 0.1) is 5.71 Å². The molecule has 5 nitrogen and oxygen atoms in total. The van der Waals surface area contributed by atoms with Crippen LogP contribution in [-0.2, 0) is 16.0 Å². The SMILES string of the molecule is O=C1CC2CCc3ccc(NC(=O)CCl)cc3C2=NN1. The Balaban J connectivity index is 1.95. The lowest BCUT2D eigenvalue weighted by molar-refractivity contribution is -0.122. The normalized spacial score (nSPS) is 20.4. The first kappa shape index (κ1) is 13.1. The molecule has 0 saturated carbocycles. The number of fused-ring (bicyclic) bond motifs is 3. The highest BCUT2D eigenvalue weighted by molar-refractivity contribution is 6.29. The molecule has 3 rings (SSSR count). The lowest BCUT2D eigenvalue weighted by Crippen LogP contribution is -2.36. The fourth-order valence-electron chi connectivity index (χ4n) is 2.73. The Morgan fingerprint density at radius 1 is 1.50 bits per heavy atom.